The highest BCUT2D eigenvalue weighted by atomic mass is 35.5. The number of hydrogen-bond donors (Lipinski definition) is 1. The molecule has 0 radical (unpaired) electrons. The molecule has 0 spiro atoms. The normalized spacial score (nSPS) is 22.9. The molecule has 1 atom stereocenters. The van der Waals surface area contributed by atoms with Gasteiger partial charge in [-0.3, -0.25) is 0 Å². The topological polar surface area (TPSA) is 15.3 Å². The van der Waals surface area contributed by atoms with Gasteiger partial charge in [0.2, 0.25) is 0 Å². The third-order valence-corrected chi connectivity index (χ3v) is 5.19. The fraction of sp³-hybridized carbons (Fsp3) is 0.667. The number of halogens is 1. The molecule has 2 nitrogen and oxygen atoms in total. The van der Waals surface area contributed by atoms with E-state index in [2.05, 4.69) is 43.1 Å². The van der Waals surface area contributed by atoms with Crippen LogP contribution in [0.2, 0.25) is 5.02 Å². The standard InChI is InChI=1S/C18H27ClN2/c1-18(2,3)14-8-9-21(12-14)17-7-4-15(19)10-13(17)11-20-16-5-6-16/h4,7,10,14,16,20H,5-6,8-9,11-12H2,1-3H3. The van der Waals surface area contributed by atoms with Crippen molar-refractivity contribution in [3.63, 3.8) is 0 Å². The van der Waals surface area contributed by atoms with E-state index in [4.69, 9.17) is 11.6 Å². The predicted molar refractivity (Wildman–Crippen MR) is 91.1 cm³/mol. The van der Waals surface area contributed by atoms with Crippen LogP contribution in [0.4, 0.5) is 5.69 Å². The molecule has 1 N–H and O–H groups in total. The molecule has 1 aliphatic heterocycles. The molecule has 0 aromatic heterocycles. The summed E-state index contributed by atoms with van der Waals surface area (Å²) in [5.41, 5.74) is 3.12. The zero-order valence-corrected chi connectivity index (χ0v) is 14.2. The zero-order valence-electron chi connectivity index (χ0n) is 13.5. The van der Waals surface area contributed by atoms with Crippen LogP contribution in [0.25, 0.3) is 0 Å². The van der Waals surface area contributed by atoms with E-state index in [1.54, 1.807) is 0 Å². The predicted octanol–water partition coefficient (Wildman–Crippen LogP) is 4.46. The van der Waals surface area contributed by atoms with E-state index in [1.807, 2.05) is 6.07 Å². The summed E-state index contributed by atoms with van der Waals surface area (Å²) in [7, 11) is 0. The summed E-state index contributed by atoms with van der Waals surface area (Å²) in [5.74, 6) is 0.775. The van der Waals surface area contributed by atoms with Gasteiger partial charge in [-0.2, -0.15) is 0 Å². The van der Waals surface area contributed by atoms with Crippen molar-refractivity contribution in [2.45, 2.75) is 52.6 Å². The molecule has 1 saturated carbocycles. The fourth-order valence-corrected chi connectivity index (χ4v) is 3.43. The average Bonchev–Trinajstić information content (AvgIpc) is 3.10. The molecule has 2 aliphatic rings. The molecule has 116 valence electrons. The summed E-state index contributed by atoms with van der Waals surface area (Å²) in [5, 5.41) is 4.47. The number of hydrogen-bond acceptors (Lipinski definition) is 2. The Hall–Kier alpha value is -0.730. The van der Waals surface area contributed by atoms with Crippen molar-refractivity contribution in [3.05, 3.63) is 28.8 Å². The van der Waals surface area contributed by atoms with Crippen LogP contribution in [0, 0.1) is 11.3 Å². The number of nitrogens with one attached hydrogen (secondary N) is 1. The highest BCUT2D eigenvalue weighted by Gasteiger charge is 2.32. The van der Waals surface area contributed by atoms with Crippen molar-refractivity contribution in [3.8, 4) is 0 Å². The monoisotopic (exact) mass is 306 g/mol. The summed E-state index contributed by atoms with van der Waals surface area (Å²) in [6, 6.07) is 7.10. The van der Waals surface area contributed by atoms with E-state index in [0.29, 0.717) is 5.41 Å². The number of rotatable bonds is 4. The molecule has 2 fully saturated rings. The van der Waals surface area contributed by atoms with E-state index in [0.717, 1.165) is 23.5 Å². The van der Waals surface area contributed by atoms with Crippen LogP contribution in [0.1, 0.15) is 45.6 Å². The maximum atomic E-state index is 6.21. The third-order valence-electron chi connectivity index (χ3n) is 4.95. The molecular weight excluding hydrogens is 280 g/mol. The Kier molecular flexibility index (Phi) is 4.20. The first-order valence-corrected chi connectivity index (χ1v) is 8.58. The van der Waals surface area contributed by atoms with Gasteiger partial charge in [0.25, 0.3) is 0 Å². The Morgan fingerprint density at radius 2 is 2.00 bits per heavy atom. The minimum atomic E-state index is 0.396. The number of benzene rings is 1. The van der Waals surface area contributed by atoms with Gasteiger partial charge < -0.3 is 10.2 Å². The second kappa shape index (κ2) is 5.81. The molecule has 3 rings (SSSR count). The van der Waals surface area contributed by atoms with Crippen molar-refractivity contribution in [1.82, 2.24) is 5.32 Å². The van der Waals surface area contributed by atoms with E-state index < -0.39 is 0 Å². The van der Waals surface area contributed by atoms with Gasteiger partial charge in [-0.15, -0.1) is 0 Å². The van der Waals surface area contributed by atoms with Crippen LogP contribution < -0.4 is 10.2 Å². The Bertz CT molecular complexity index is 502. The first-order valence-electron chi connectivity index (χ1n) is 8.20. The Morgan fingerprint density at radius 1 is 1.24 bits per heavy atom. The van der Waals surface area contributed by atoms with Gasteiger partial charge in [0, 0.05) is 36.4 Å². The quantitative estimate of drug-likeness (QED) is 0.883. The second-order valence-electron chi connectivity index (χ2n) is 7.73. The highest BCUT2D eigenvalue weighted by Crippen LogP contribution is 2.37. The lowest BCUT2D eigenvalue weighted by Crippen LogP contribution is -2.27. The molecule has 1 saturated heterocycles. The van der Waals surface area contributed by atoms with Gasteiger partial charge in [-0.05, 0) is 54.4 Å². The van der Waals surface area contributed by atoms with Crippen LogP contribution in [-0.4, -0.2) is 19.1 Å². The van der Waals surface area contributed by atoms with Gasteiger partial charge in [0.05, 0.1) is 0 Å². The van der Waals surface area contributed by atoms with Gasteiger partial charge in [0.1, 0.15) is 0 Å². The first kappa shape index (κ1) is 15.2. The number of anilines is 1. The molecule has 21 heavy (non-hydrogen) atoms. The summed E-state index contributed by atoms with van der Waals surface area (Å²) in [4.78, 5) is 2.55. The lowest BCUT2D eigenvalue weighted by atomic mass is 9.80. The smallest absolute Gasteiger partial charge is 0.0412 e. The van der Waals surface area contributed by atoms with Crippen molar-refractivity contribution < 1.29 is 0 Å². The molecule has 3 heteroatoms. The maximum Gasteiger partial charge on any atom is 0.0412 e. The van der Waals surface area contributed by atoms with E-state index >= 15 is 0 Å². The minimum absolute atomic E-state index is 0.396. The molecular formula is C18H27ClN2. The van der Waals surface area contributed by atoms with Gasteiger partial charge in [0.15, 0.2) is 0 Å². The largest absolute Gasteiger partial charge is 0.371 e. The summed E-state index contributed by atoms with van der Waals surface area (Å²) < 4.78 is 0. The van der Waals surface area contributed by atoms with Crippen molar-refractivity contribution in [2.75, 3.05) is 18.0 Å². The third kappa shape index (κ3) is 3.73. The van der Waals surface area contributed by atoms with Gasteiger partial charge in [-0.25, -0.2) is 0 Å². The molecule has 1 aromatic rings. The van der Waals surface area contributed by atoms with E-state index in [9.17, 15) is 0 Å². The molecule has 0 amide bonds. The molecule has 1 aromatic carbocycles. The summed E-state index contributed by atoms with van der Waals surface area (Å²) in [6.45, 7) is 10.4. The Balaban J connectivity index is 1.74. The lowest BCUT2D eigenvalue weighted by molar-refractivity contribution is 0.263. The van der Waals surface area contributed by atoms with Crippen LogP contribution in [0.15, 0.2) is 18.2 Å². The van der Waals surface area contributed by atoms with Crippen molar-refractivity contribution in [2.24, 2.45) is 11.3 Å². The highest BCUT2D eigenvalue weighted by molar-refractivity contribution is 6.30. The van der Waals surface area contributed by atoms with Crippen LogP contribution >= 0.6 is 11.6 Å². The van der Waals surface area contributed by atoms with Crippen LogP contribution in [0.5, 0.6) is 0 Å². The minimum Gasteiger partial charge on any atom is -0.371 e. The Labute approximate surface area is 133 Å². The van der Waals surface area contributed by atoms with E-state index in [-0.39, 0.29) is 0 Å². The number of nitrogens with zero attached hydrogens (tertiary/aromatic N) is 1. The van der Waals surface area contributed by atoms with Crippen LogP contribution in [0.3, 0.4) is 0 Å². The van der Waals surface area contributed by atoms with Gasteiger partial charge >= 0.3 is 0 Å². The summed E-state index contributed by atoms with van der Waals surface area (Å²) in [6.07, 6.45) is 3.94. The summed E-state index contributed by atoms with van der Waals surface area (Å²) >= 11 is 6.21. The second-order valence-corrected chi connectivity index (χ2v) is 8.16. The fourth-order valence-electron chi connectivity index (χ4n) is 3.23. The average molecular weight is 307 g/mol. The van der Waals surface area contributed by atoms with E-state index in [1.165, 1.54) is 43.6 Å². The van der Waals surface area contributed by atoms with Crippen LogP contribution in [-0.2, 0) is 6.54 Å². The molecule has 0 bridgehead atoms. The molecule has 1 heterocycles. The Morgan fingerprint density at radius 3 is 2.62 bits per heavy atom. The zero-order chi connectivity index (χ0) is 15.0. The molecule has 1 aliphatic carbocycles. The molecule has 1 unspecified atom stereocenters. The maximum absolute atomic E-state index is 6.21. The first-order chi connectivity index (χ1) is 9.93. The van der Waals surface area contributed by atoms with Crippen molar-refractivity contribution >= 4 is 17.3 Å². The lowest BCUT2D eigenvalue weighted by Gasteiger charge is -2.28. The SMILES string of the molecule is CC(C)(C)C1CCN(c2ccc(Cl)cc2CNC2CC2)C1. The van der Waals surface area contributed by atoms with Gasteiger partial charge in [-0.1, -0.05) is 32.4 Å². The van der Waals surface area contributed by atoms with Crippen molar-refractivity contribution in [1.29, 1.82) is 0 Å².